The number of carbonyl (C=O) groups is 2. The molecule has 0 aliphatic rings. The number of rotatable bonds is 4. The zero-order valence-electron chi connectivity index (χ0n) is 15.3. The van der Waals surface area contributed by atoms with Crippen LogP contribution in [-0.4, -0.2) is 18.9 Å². The van der Waals surface area contributed by atoms with Crippen molar-refractivity contribution in [3.05, 3.63) is 94.3 Å². The zero-order valence-corrected chi connectivity index (χ0v) is 16.0. The van der Waals surface area contributed by atoms with Crippen molar-refractivity contribution in [1.82, 2.24) is 0 Å². The molecule has 3 rings (SSSR count). The number of nitrogens with zero attached hydrogens (tertiary/aromatic N) is 1. The maximum Gasteiger partial charge on any atom is 0.345 e. The van der Waals surface area contributed by atoms with Crippen molar-refractivity contribution in [2.45, 2.75) is 6.92 Å². The molecule has 0 bridgehead atoms. The van der Waals surface area contributed by atoms with Crippen molar-refractivity contribution < 1.29 is 18.7 Å². The summed E-state index contributed by atoms with van der Waals surface area (Å²) in [5.74, 6) is -1.10. The second-order valence-electron chi connectivity index (χ2n) is 6.24. The molecule has 28 heavy (non-hydrogen) atoms. The van der Waals surface area contributed by atoms with Gasteiger partial charge < -0.3 is 9.64 Å². The first-order chi connectivity index (χ1) is 13.3. The monoisotopic (exact) mass is 397 g/mol. The molecule has 6 heteroatoms. The van der Waals surface area contributed by atoms with Crippen LogP contribution < -0.4 is 9.64 Å². The SMILES string of the molecule is Cc1ccc(C(=O)N(C)c2ccc(OC(=O)c3ccc(F)cc3Cl)cc2)cc1. The summed E-state index contributed by atoms with van der Waals surface area (Å²) in [5, 5.41) is -0.0231. The van der Waals surface area contributed by atoms with Crippen LogP contribution in [0.2, 0.25) is 5.02 Å². The van der Waals surface area contributed by atoms with E-state index in [1.807, 2.05) is 19.1 Å². The highest BCUT2D eigenvalue weighted by atomic mass is 35.5. The van der Waals surface area contributed by atoms with Crippen molar-refractivity contribution in [2.24, 2.45) is 0 Å². The summed E-state index contributed by atoms with van der Waals surface area (Å²) in [7, 11) is 1.67. The Hall–Kier alpha value is -3.18. The fourth-order valence-electron chi connectivity index (χ4n) is 2.56. The number of hydrogen-bond donors (Lipinski definition) is 0. The number of hydrogen-bond acceptors (Lipinski definition) is 3. The maximum absolute atomic E-state index is 13.1. The molecule has 1 amide bonds. The molecule has 3 aromatic carbocycles. The summed E-state index contributed by atoms with van der Waals surface area (Å²) >= 11 is 5.88. The highest BCUT2D eigenvalue weighted by Crippen LogP contribution is 2.23. The molecule has 0 radical (unpaired) electrons. The third-order valence-corrected chi connectivity index (χ3v) is 4.50. The van der Waals surface area contributed by atoms with Gasteiger partial charge in [0, 0.05) is 18.3 Å². The van der Waals surface area contributed by atoms with Gasteiger partial charge in [0.15, 0.2) is 0 Å². The molecular weight excluding hydrogens is 381 g/mol. The van der Waals surface area contributed by atoms with Crippen molar-refractivity contribution in [2.75, 3.05) is 11.9 Å². The van der Waals surface area contributed by atoms with Gasteiger partial charge in [0.1, 0.15) is 11.6 Å². The van der Waals surface area contributed by atoms with Crippen LogP contribution in [0.15, 0.2) is 66.7 Å². The average molecular weight is 398 g/mol. The standard InChI is InChI=1S/C22H17ClFNO3/c1-14-3-5-15(6-4-14)21(26)25(2)17-8-10-18(11-9-17)28-22(27)19-12-7-16(24)13-20(19)23/h3-13H,1-2H3. The third-order valence-electron chi connectivity index (χ3n) is 4.19. The lowest BCUT2D eigenvalue weighted by Gasteiger charge is -2.18. The van der Waals surface area contributed by atoms with Crippen molar-refractivity contribution >= 4 is 29.2 Å². The van der Waals surface area contributed by atoms with E-state index in [9.17, 15) is 14.0 Å². The molecule has 142 valence electrons. The number of esters is 1. The number of aryl methyl sites for hydroxylation is 1. The van der Waals surface area contributed by atoms with Gasteiger partial charge in [-0.25, -0.2) is 9.18 Å². The van der Waals surface area contributed by atoms with Crippen molar-refractivity contribution in [1.29, 1.82) is 0 Å². The first-order valence-electron chi connectivity index (χ1n) is 8.47. The minimum absolute atomic E-state index is 0.0231. The predicted molar refractivity (Wildman–Crippen MR) is 107 cm³/mol. The Morgan fingerprint density at radius 1 is 0.964 bits per heavy atom. The van der Waals surface area contributed by atoms with E-state index in [2.05, 4.69) is 0 Å². The van der Waals surface area contributed by atoms with Crippen LogP contribution in [-0.2, 0) is 0 Å². The number of benzene rings is 3. The molecule has 0 spiro atoms. The Labute approximate surface area is 167 Å². The minimum atomic E-state index is -0.693. The van der Waals surface area contributed by atoms with E-state index in [1.165, 1.54) is 11.0 Å². The fraction of sp³-hybridized carbons (Fsp3) is 0.0909. The van der Waals surface area contributed by atoms with Crippen LogP contribution in [0.4, 0.5) is 10.1 Å². The Bertz CT molecular complexity index is 1020. The lowest BCUT2D eigenvalue weighted by atomic mass is 10.1. The van der Waals surface area contributed by atoms with Crippen LogP contribution in [0.1, 0.15) is 26.3 Å². The van der Waals surface area contributed by atoms with Crippen LogP contribution in [0.5, 0.6) is 5.75 Å². The van der Waals surface area contributed by atoms with Gasteiger partial charge in [0.25, 0.3) is 5.91 Å². The van der Waals surface area contributed by atoms with Crippen LogP contribution in [0.25, 0.3) is 0 Å². The molecule has 0 fully saturated rings. The first kappa shape index (κ1) is 19.6. The van der Waals surface area contributed by atoms with E-state index in [1.54, 1.807) is 43.4 Å². The lowest BCUT2D eigenvalue weighted by molar-refractivity contribution is 0.0734. The maximum atomic E-state index is 13.1. The molecule has 0 saturated carbocycles. The Morgan fingerprint density at radius 3 is 2.21 bits per heavy atom. The van der Waals surface area contributed by atoms with Gasteiger partial charge in [-0.1, -0.05) is 29.3 Å². The van der Waals surface area contributed by atoms with Gasteiger partial charge >= 0.3 is 5.97 Å². The molecule has 0 aliphatic carbocycles. The molecule has 0 atom stereocenters. The molecule has 0 aromatic heterocycles. The normalized spacial score (nSPS) is 10.4. The number of amides is 1. The highest BCUT2D eigenvalue weighted by molar-refractivity contribution is 6.33. The number of halogens is 2. The second kappa shape index (κ2) is 8.23. The second-order valence-corrected chi connectivity index (χ2v) is 6.64. The smallest absolute Gasteiger partial charge is 0.345 e. The van der Waals surface area contributed by atoms with Gasteiger partial charge in [0.05, 0.1) is 10.6 Å². The number of anilines is 1. The molecule has 4 nitrogen and oxygen atoms in total. The summed E-state index contributed by atoms with van der Waals surface area (Å²) in [6.45, 7) is 1.96. The summed E-state index contributed by atoms with van der Waals surface area (Å²) in [6, 6.07) is 17.2. The molecular formula is C22H17ClFNO3. The van der Waals surface area contributed by atoms with E-state index in [0.29, 0.717) is 11.3 Å². The first-order valence-corrected chi connectivity index (χ1v) is 8.85. The van der Waals surface area contributed by atoms with Crippen molar-refractivity contribution in [3.8, 4) is 5.75 Å². The fourth-order valence-corrected chi connectivity index (χ4v) is 2.81. The molecule has 0 unspecified atom stereocenters. The predicted octanol–water partition coefficient (Wildman–Crippen LogP) is 5.28. The van der Waals surface area contributed by atoms with Gasteiger partial charge in [-0.15, -0.1) is 0 Å². The summed E-state index contributed by atoms with van der Waals surface area (Å²) < 4.78 is 18.4. The van der Waals surface area contributed by atoms with Crippen LogP contribution >= 0.6 is 11.6 Å². The Kier molecular flexibility index (Phi) is 5.76. The summed E-state index contributed by atoms with van der Waals surface area (Å²) in [6.07, 6.45) is 0. The zero-order chi connectivity index (χ0) is 20.3. The van der Waals surface area contributed by atoms with E-state index >= 15 is 0 Å². The largest absolute Gasteiger partial charge is 0.423 e. The number of carbonyl (C=O) groups excluding carboxylic acids is 2. The van der Waals surface area contributed by atoms with Crippen LogP contribution in [0.3, 0.4) is 0 Å². The topological polar surface area (TPSA) is 46.6 Å². The summed E-state index contributed by atoms with van der Waals surface area (Å²) in [5.41, 5.74) is 2.37. The van der Waals surface area contributed by atoms with E-state index in [0.717, 1.165) is 17.7 Å². The molecule has 0 N–H and O–H groups in total. The highest BCUT2D eigenvalue weighted by Gasteiger charge is 2.16. The van der Waals surface area contributed by atoms with Gasteiger partial charge in [-0.2, -0.15) is 0 Å². The molecule has 3 aromatic rings. The Morgan fingerprint density at radius 2 is 1.61 bits per heavy atom. The van der Waals surface area contributed by atoms with Gasteiger partial charge in [-0.3, -0.25) is 4.79 Å². The average Bonchev–Trinajstić information content (AvgIpc) is 2.68. The minimum Gasteiger partial charge on any atom is -0.423 e. The van der Waals surface area contributed by atoms with E-state index in [4.69, 9.17) is 16.3 Å². The quantitative estimate of drug-likeness (QED) is 0.444. The molecule has 0 heterocycles. The van der Waals surface area contributed by atoms with Gasteiger partial charge in [-0.05, 0) is 61.5 Å². The Balaban J connectivity index is 1.71. The van der Waals surface area contributed by atoms with E-state index in [-0.39, 0.29) is 22.2 Å². The summed E-state index contributed by atoms with van der Waals surface area (Å²) in [4.78, 5) is 26.3. The number of ether oxygens (including phenoxy) is 1. The lowest BCUT2D eigenvalue weighted by Crippen LogP contribution is -2.26. The molecule has 0 aliphatic heterocycles. The van der Waals surface area contributed by atoms with Crippen molar-refractivity contribution in [3.63, 3.8) is 0 Å². The third kappa shape index (κ3) is 4.38. The molecule has 0 saturated heterocycles. The van der Waals surface area contributed by atoms with E-state index < -0.39 is 11.8 Å². The van der Waals surface area contributed by atoms with Gasteiger partial charge in [0.2, 0.25) is 0 Å². The van der Waals surface area contributed by atoms with Crippen LogP contribution in [0, 0.1) is 12.7 Å².